The van der Waals surface area contributed by atoms with Crippen LogP contribution < -0.4 is 0 Å². The van der Waals surface area contributed by atoms with E-state index in [0.717, 1.165) is 7.11 Å². The number of hydrogen-bond donors (Lipinski definition) is 1. The van der Waals surface area contributed by atoms with Gasteiger partial charge in [0.15, 0.2) is 0 Å². The van der Waals surface area contributed by atoms with E-state index in [0.29, 0.717) is 5.92 Å². The highest BCUT2D eigenvalue weighted by molar-refractivity contribution is 5.27. The van der Waals surface area contributed by atoms with Crippen LogP contribution >= 0.6 is 0 Å². The van der Waals surface area contributed by atoms with E-state index < -0.39 is 0 Å². The fourth-order valence-corrected chi connectivity index (χ4v) is 1.23. The Morgan fingerprint density at radius 2 is 1.38 bits per heavy atom. The van der Waals surface area contributed by atoms with Crippen molar-refractivity contribution in [2.75, 3.05) is 7.11 Å². The first kappa shape index (κ1) is 20.3. The Kier molecular flexibility index (Phi) is 20.8. The molecule has 1 aromatic rings. The standard InChI is InChI=1S/C10H14.C2H6.C2H4.CH4O/c1-8(2)10-7-5-4-6-9(10)3;3*1-2/h4-8H,1-3H3;1-2H3;1-2H2;2H,1H3. The van der Waals surface area contributed by atoms with Gasteiger partial charge in [-0.1, -0.05) is 52.0 Å². The second-order valence-electron chi connectivity index (χ2n) is 3.01. The minimum absolute atomic E-state index is 0.654. The third-order valence-electron chi connectivity index (χ3n) is 1.81. The molecule has 0 bridgehead atoms. The third kappa shape index (κ3) is 9.47. The monoisotopic (exact) mass is 224 g/mol. The molecule has 0 heterocycles. The van der Waals surface area contributed by atoms with Gasteiger partial charge in [-0.05, 0) is 24.0 Å². The van der Waals surface area contributed by atoms with Crippen molar-refractivity contribution < 1.29 is 5.11 Å². The van der Waals surface area contributed by atoms with Gasteiger partial charge in [-0.15, -0.1) is 13.2 Å². The molecule has 0 amide bonds. The topological polar surface area (TPSA) is 20.2 Å². The molecule has 0 aromatic heterocycles. The molecule has 0 aliphatic heterocycles. The Hall–Kier alpha value is -1.08. The molecule has 0 fully saturated rings. The SMILES string of the molecule is C=C.CC.CO.Cc1ccccc1C(C)C. The summed E-state index contributed by atoms with van der Waals surface area (Å²) in [5, 5.41) is 7.00. The van der Waals surface area contributed by atoms with E-state index >= 15 is 0 Å². The van der Waals surface area contributed by atoms with Crippen molar-refractivity contribution in [1.29, 1.82) is 0 Å². The highest BCUT2D eigenvalue weighted by Gasteiger charge is 1.99. The molecule has 16 heavy (non-hydrogen) atoms. The lowest BCUT2D eigenvalue weighted by Gasteiger charge is -2.07. The van der Waals surface area contributed by atoms with Gasteiger partial charge in [0, 0.05) is 7.11 Å². The Morgan fingerprint density at radius 3 is 1.62 bits per heavy atom. The predicted octanol–water partition coefficient (Wildman–Crippen LogP) is 4.56. The predicted molar refractivity (Wildman–Crippen MR) is 76.0 cm³/mol. The van der Waals surface area contributed by atoms with Gasteiger partial charge in [0.2, 0.25) is 0 Å². The fourth-order valence-electron chi connectivity index (χ4n) is 1.23. The second-order valence-corrected chi connectivity index (χ2v) is 3.01. The molecule has 0 saturated carbocycles. The first-order valence-corrected chi connectivity index (χ1v) is 5.72. The zero-order chi connectivity index (χ0) is 13.6. The van der Waals surface area contributed by atoms with Crippen molar-refractivity contribution in [3.8, 4) is 0 Å². The summed E-state index contributed by atoms with van der Waals surface area (Å²) < 4.78 is 0. The number of aryl methyl sites for hydroxylation is 1. The molecule has 0 aliphatic rings. The summed E-state index contributed by atoms with van der Waals surface area (Å²) in [4.78, 5) is 0. The normalized spacial score (nSPS) is 7.50. The Bertz CT molecular complexity index is 229. The van der Waals surface area contributed by atoms with E-state index in [9.17, 15) is 0 Å². The smallest absolute Gasteiger partial charge is 0.0319 e. The maximum absolute atomic E-state index is 7.00. The average Bonchev–Trinajstić information content (AvgIpc) is 2.37. The van der Waals surface area contributed by atoms with Gasteiger partial charge < -0.3 is 5.11 Å². The van der Waals surface area contributed by atoms with Crippen molar-refractivity contribution in [2.45, 2.75) is 40.5 Å². The Balaban J connectivity index is -0.000000245. The third-order valence-corrected chi connectivity index (χ3v) is 1.81. The van der Waals surface area contributed by atoms with Gasteiger partial charge in [-0.25, -0.2) is 0 Å². The lowest BCUT2D eigenvalue weighted by atomic mass is 9.99. The van der Waals surface area contributed by atoms with Crippen LogP contribution in [0.2, 0.25) is 0 Å². The summed E-state index contributed by atoms with van der Waals surface area (Å²) in [6.07, 6.45) is 0. The van der Waals surface area contributed by atoms with Gasteiger partial charge in [0.25, 0.3) is 0 Å². The van der Waals surface area contributed by atoms with Crippen LogP contribution in [0.25, 0.3) is 0 Å². The van der Waals surface area contributed by atoms with Crippen molar-refractivity contribution >= 4 is 0 Å². The van der Waals surface area contributed by atoms with Crippen LogP contribution in [-0.4, -0.2) is 12.2 Å². The zero-order valence-electron chi connectivity index (χ0n) is 11.7. The van der Waals surface area contributed by atoms with Crippen molar-refractivity contribution in [1.82, 2.24) is 0 Å². The van der Waals surface area contributed by atoms with Crippen molar-refractivity contribution in [2.24, 2.45) is 0 Å². The number of hydrogen-bond acceptors (Lipinski definition) is 1. The van der Waals surface area contributed by atoms with Crippen LogP contribution in [-0.2, 0) is 0 Å². The van der Waals surface area contributed by atoms with E-state index in [2.05, 4.69) is 58.2 Å². The largest absolute Gasteiger partial charge is 0.400 e. The molecule has 94 valence electrons. The minimum Gasteiger partial charge on any atom is -0.400 e. The van der Waals surface area contributed by atoms with Gasteiger partial charge in [-0.2, -0.15) is 0 Å². The summed E-state index contributed by atoms with van der Waals surface area (Å²) in [7, 11) is 1.00. The first-order valence-electron chi connectivity index (χ1n) is 5.72. The summed E-state index contributed by atoms with van der Waals surface area (Å²) in [6.45, 7) is 16.6. The molecule has 1 aromatic carbocycles. The summed E-state index contributed by atoms with van der Waals surface area (Å²) in [6, 6.07) is 8.54. The van der Waals surface area contributed by atoms with Gasteiger partial charge in [0.1, 0.15) is 0 Å². The van der Waals surface area contributed by atoms with E-state index in [-0.39, 0.29) is 0 Å². The summed E-state index contributed by atoms with van der Waals surface area (Å²) >= 11 is 0. The Labute approximate surface area is 102 Å². The average molecular weight is 224 g/mol. The molecule has 1 N–H and O–H groups in total. The molecular formula is C15H28O. The number of rotatable bonds is 1. The van der Waals surface area contributed by atoms with Gasteiger partial charge in [0.05, 0.1) is 0 Å². The molecule has 0 saturated heterocycles. The van der Waals surface area contributed by atoms with Crippen LogP contribution in [0, 0.1) is 6.92 Å². The van der Waals surface area contributed by atoms with E-state index in [1.54, 1.807) is 0 Å². The number of aliphatic hydroxyl groups is 1. The van der Waals surface area contributed by atoms with Gasteiger partial charge >= 0.3 is 0 Å². The molecular weight excluding hydrogens is 196 g/mol. The van der Waals surface area contributed by atoms with Crippen molar-refractivity contribution in [3.05, 3.63) is 48.6 Å². The lowest BCUT2D eigenvalue weighted by Crippen LogP contribution is -1.89. The molecule has 0 radical (unpaired) electrons. The van der Waals surface area contributed by atoms with Crippen LogP contribution in [0.4, 0.5) is 0 Å². The van der Waals surface area contributed by atoms with Crippen LogP contribution in [0.15, 0.2) is 37.4 Å². The van der Waals surface area contributed by atoms with Gasteiger partial charge in [-0.3, -0.25) is 0 Å². The van der Waals surface area contributed by atoms with E-state index in [1.165, 1.54) is 11.1 Å². The zero-order valence-corrected chi connectivity index (χ0v) is 11.7. The van der Waals surface area contributed by atoms with E-state index in [1.807, 2.05) is 13.8 Å². The first-order chi connectivity index (χ1) is 7.72. The molecule has 1 rings (SSSR count). The molecule has 0 spiro atoms. The summed E-state index contributed by atoms with van der Waals surface area (Å²) in [5.74, 6) is 0.654. The molecule has 1 nitrogen and oxygen atoms in total. The minimum atomic E-state index is 0.654. The van der Waals surface area contributed by atoms with Crippen molar-refractivity contribution in [3.63, 3.8) is 0 Å². The molecule has 0 unspecified atom stereocenters. The van der Waals surface area contributed by atoms with E-state index in [4.69, 9.17) is 5.11 Å². The maximum Gasteiger partial charge on any atom is 0.0319 e. The fraction of sp³-hybridized carbons (Fsp3) is 0.467. The molecule has 0 aliphatic carbocycles. The maximum atomic E-state index is 7.00. The summed E-state index contributed by atoms with van der Waals surface area (Å²) in [5.41, 5.74) is 2.86. The van der Waals surface area contributed by atoms with Crippen LogP contribution in [0.1, 0.15) is 44.7 Å². The molecule has 1 heteroatoms. The number of aliphatic hydroxyl groups excluding tert-OH is 1. The van der Waals surface area contributed by atoms with Crippen LogP contribution in [0.3, 0.4) is 0 Å². The molecule has 0 atom stereocenters. The highest BCUT2D eigenvalue weighted by atomic mass is 16.2. The quantitative estimate of drug-likeness (QED) is 0.694. The second kappa shape index (κ2) is 16.4. The van der Waals surface area contributed by atoms with Crippen LogP contribution in [0.5, 0.6) is 0 Å². The highest BCUT2D eigenvalue weighted by Crippen LogP contribution is 2.17. The lowest BCUT2D eigenvalue weighted by molar-refractivity contribution is 0.399. The number of benzene rings is 1. The Morgan fingerprint density at radius 1 is 1.00 bits per heavy atom.